The first-order valence-corrected chi connectivity index (χ1v) is 5.96. The van der Waals surface area contributed by atoms with Crippen molar-refractivity contribution in [2.45, 2.75) is 19.3 Å². The lowest BCUT2D eigenvalue weighted by Crippen LogP contribution is -2.17. The van der Waals surface area contributed by atoms with Crippen LogP contribution in [0.1, 0.15) is 18.4 Å². The minimum absolute atomic E-state index is 0.808. The van der Waals surface area contributed by atoms with Gasteiger partial charge in [-0.15, -0.1) is 0 Å². The Labute approximate surface area is 93.6 Å². The van der Waals surface area contributed by atoms with E-state index in [-0.39, 0.29) is 0 Å². The first-order chi connectivity index (χ1) is 6.86. The molecule has 76 valence electrons. The molecule has 0 amide bonds. The largest absolute Gasteiger partial charge is 0.381 e. The highest BCUT2D eigenvalue weighted by Crippen LogP contribution is 2.24. The number of ether oxygens (including phenoxy) is 1. The summed E-state index contributed by atoms with van der Waals surface area (Å²) in [6.07, 6.45) is 3.60. The maximum absolute atomic E-state index is 5.36. The molecule has 1 aliphatic rings. The summed E-state index contributed by atoms with van der Waals surface area (Å²) in [6, 6.07) is 8.51. The third kappa shape index (κ3) is 2.58. The van der Waals surface area contributed by atoms with Gasteiger partial charge in [0.25, 0.3) is 0 Å². The van der Waals surface area contributed by atoms with E-state index in [0.29, 0.717) is 0 Å². The number of benzene rings is 1. The van der Waals surface area contributed by atoms with E-state index in [1.54, 1.807) is 0 Å². The van der Waals surface area contributed by atoms with Crippen molar-refractivity contribution in [1.82, 2.24) is 0 Å². The molecule has 2 heteroatoms. The van der Waals surface area contributed by atoms with Crippen molar-refractivity contribution in [2.24, 2.45) is 5.92 Å². The van der Waals surface area contributed by atoms with Crippen molar-refractivity contribution in [3.05, 3.63) is 34.3 Å². The van der Waals surface area contributed by atoms with Crippen molar-refractivity contribution in [2.75, 3.05) is 13.2 Å². The van der Waals surface area contributed by atoms with Gasteiger partial charge in [-0.2, -0.15) is 0 Å². The Kier molecular flexibility index (Phi) is 3.60. The summed E-state index contributed by atoms with van der Waals surface area (Å²) in [6.45, 7) is 1.88. The van der Waals surface area contributed by atoms with E-state index in [4.69, 9.17) is 4.74 Å². The van der Waals surface area contributed by atoms with Gasteiger partial charge in [-0.25, -0.2) is 0 Å². The number of hydrogen-bond donors (Lipinski definition) is 0. The summed E-state index contributed by atoms with van der Waals surface area (Å²) in [7, 11) is 0. The van der Waals surface area contributed by atoms with E-state index >= 15 is 0 Å². The predicted octanol–water partition coefficient (Wildman–Crippen LogP) is 3.42. The molecule has 2 rings (SSSR count). The molecule has 0 N–H and O–H groups in total. The molecule has 0 aromatic heterocycles. The summed E-state index contributed by atoms with van der Waals surface area (Å²) in [5.41, 5.74) is 1.43. The molecule has 0 unspecified atom stereocenters. The van der Waals surface area contributed by atoms with Crippen LogP contribution in [0.25, 0.3) is 0 Å². The van der Waals surface area contributed by atoms with Crippen LogP contribution < -0.4 is 0 Å². The fourth-order valence-corrected chi connectivity index (χ4v) is 2.37. The topological polar surface area (TPSA) is 9.23 Å². The average Bonchev–Trinajstić information content (AvgIpc) is 2.23. The Morgan fingerprint density at radius 3 is 2.64 bits per heavy atom. The van der Waals surface area contributed by atoms with Crippen molar-refractivity contribution in [3.8, 4) is 0 Å². The third-order valence-electron chi connectivity index (χ3n) is 2.81. The van der Waals surface area contributed by atoms with Gasteiger partial charge in [-0.05, 0) is 36.8 Å². The summed E-state index contributed by atoms with van der Waals surface area (Å²) in [5, 5.41) is 0. The van der Waals surface area contributed by atoms with Gasteiger partial charge >= 0.3 is 0 Å². The minimum atomic E-state index is 0.808. The lowest BCUT2D eigenvalue weighted by Gasteiger charge is -2.22. The molecule has 1 heterocycles. The van der Waals surface area contributed by atoms with Crippen LogP contribution in [-0.2, 0) is 11.2 Å². The predicted molar refractivity (Wildman–Crippen MR) is 61.4 cm³/mol. The molecule has 1 aliphatic heterocycles. The van der Waals surface area contributed by atoms with E-state index in [1.807, 2.05) is 0 Å². The Bertz CT molecular complexity index is 292. The highest BCUT2D eigenvalue weighted by atomic mass is 79.9. The number of hydrogen-bond acceptors (Lipinski definition) is 1. The summed E-state index contributed by atoms with van der Waals surface area (Å²) in [5.74, 6) is 0.808. The molecular weight excluding hydrogens is 240 g/mol. The molecule has 0 aliphatic carbocycles. The Balaban J connectivity index is 1.99. The zero-order chi connectivity index (χ0) is 9.80. The van der Waals surface area contributed by atoms with E-state index < -0.39 is 0 Å². The van der Waals surface area contributed by atoms with Crippen LogP contribution in [0.4, 0.5) is 0 Å². The second kappa shape index (κ2) is 4.94. The quantitative estimate of drug-likeness (QED) is 0.786. The van der Waals surface area contributed by atoms with Gasteiger partial charge in [0.05, 0.1) is 0 Å². The Hall–Kier alpha value is -0.340. The number of rotatable bonds is 2. The molecule has 1 aromatic carbocycles. The van der Waals surface area contributed by atoms with Gasteiger partial charge in [0, 0.05) is 17.7 Å². The average molecular weight is 255 g/mol. The highest BCUT2D eigenvalue weighted by Gasteiger charge is 2.14. The first kappa shape index (κ1) is 10.2. The SMILES string of the molecule is Brc1ccccc1CC1CCOCC1. The second-order valence-electron chi connectivity index (χ2n) is 3.85. The second-order valence-corrected chi connectivity index (χ2v) is 4.71. The van der Waals surface area contributed by atoms with Gasteiger partial charge < -0.3 is 4.74 Å². The van der Waals surface area contributed by atoms with Crippen LogP contribution in [0.15, 0.2) is 28.7 Å². The molecule has 1 fully saturated rings. The molecule has 0 atom stereocenters. The fourth-order valence-electron chi connectivity index (χ4n) is 1.93. The molecule has 1 aromatic rings. The van der Waals surface area contributed by atoms with E-state index in [1.165, 1.54) is 29.3 Å². The lowest BCUT2D eigenvalue weighted by atomic mass is 9.92. The van der Waals surface area contributed by atoms with Crippen LogP contribution in [0.2, 0.25) is 0 Å². The van der Waals surface area contributed by atoms with Crippen molar-refractivity contribution < 1.29 is 4.74 Å². The fraction of sp³-hybridized carbons (Fsp3) is 0.500. The van der Waals surface area contributed by atoms with Gasteiger partial charge in [0.1, 0.15) is 0 Å². The van der Waals surface area contributed by atoms with Gasteiger partial charge in [0.15, 0.2) is 0 Å². The highest BCUT2D eigenvalue weighted by molar-refractivity contribution is 9.10. The van der Waals surface area contributed by atoms with Gasteiger partial charge in [-0.3, -0.25) is 0 Å². The van der Waals surface area contributed by atoms with Crippen LogP contribution in [0.3, 0.4) is 0 Å². The van der Waals surface area contributed by atoms with Crippen molar-refractivity contribution in [1.29, 1.82) is 0 Å². The van der Waals surface area contributed by atoms with Crippen LogP contribution in [0, 0.1) is 5.92 Å². The lowest BCUT2D eigenvalue weighted by molar-refractivity contribution is 0.0665. The van der Waals surface area contributed by atoms with Gasteiger partial charge in [-0.1, -0.05) is 34.1 Å². The molecule has 1 saturated heterocycles. The maximum atomic E-state index is 5.36. The Morgan fingerprint density at radius 1 is 1.21 bits per heavy atom. The molecule has 0 saturated carbocycles. The summed E-state index contributed by atoms with van der Waals surface area (Å²) in [4.78, 5) is 0. The number of halogens is 1. The molecule has 0 bridgehead atoms. The third-order valence-corrected chi connectivity index (χ3v) is 3.58. The van der Waals surface area contributed by atoms with E-state index in [2.05, 4.69) is 40.2 Å². The summed E-state index contributed by atoms with van der Waals surface area (Å²) < 4.78 is 6.60. The van der Waals surface area contributed by atoms with Crippen molar-refractivity contribution in [3.63, 3.8) is 0 Å². The normalized spacial score (nSPS) is 18.4. The van der Waals surface area contributed by atoms with Crippen LogP contribution in [0.5, 0.6) is 0 Å². The first-order valence-electron chi connectivity index (χ1n) is 5.17. The molecule has 0 spiro atoms. The van der Waals surface area contributed by atoms with Gasteiger partial charge in [0.2, 0.25) is 0 Å². The monoisotopic (exact) mass is 254 g/mol. The zero-order valence-electron chi connectivity index (χ0n) is 8.21. The zero-order valence-corrected chi connectivity index (χ0v) is 9.79. The van der Waals surface area contributed by atoms with E-state index in [0.717, 1.165) is 19.1 Å². The summed E-state index contributed by atoms with van der Waals surface area (Å²) >= 11 is 3.59. The molecule has 0 radical (unpaired) electrons. The van der Waals surface area contributed by atoms with Crippen LogP contribution in [-0.4, -0.2) is 13.2 Å². The molecular formula is C12H15BrO. The molecule has 1 nitrogen and oxygen atoms in total. The van der Waals surface area contributed by atoms with E-state index in [9.17, 15) is 0 Å². The van der Waals surface area contributed by atoms with Crippen LogP contribution >= 0.6 is 15.9 Å². The minimum Gasteiger partial charge on any atom is -0.381 e. The molecule has 14 heavy (non-hydrogen) atoms. The smallest absolute Gasteiger partial charge is 0.0468 e. The maximum Gasteiger partial charge on any atom is 0.0468 e. The standard InChI is InChI=1S/C12H15BrO/c13-12-4-2-1-3-11(12)9-10-5-7-14-8-6-10/h1-4,10H,5-9H2. The Morgan fingerprint density at radius 2 is 1.93 bits per heavy atom. The van der Waals surface area contributed by atoms with Crippen molar-refractivity contribution >= 4 is 15.9 Å².